The third-order valence-corrected chi connectivity index (χ3v) is 2.36. The Hall–Kier alpha value is -0.610. The molecule has 0 aliphatic rings. The lowest BCUT2D eigenvalue weighted by Gasteiger charge is -2.17. The molecule has 0 aliphatic heterocycles. The van der Waals surface area contributed by atoms with Gasteiger partial charge in [0.1, 0.15) is 0 Å². The first-order valence-corrected chi connectivity index (χ1v) is 4.96. The van der Waals surface area contributed by atoms with E-state index >= 15 is 0 Å². The number of aliphatic hydroxyl groups excluding tert-OH is 1. The van der Waals surface area contributed by atoms with Gasteiger partial charge in [-0.2, -0.15) is 0 Å². The first kappa shape index (κ1) is 11.5. The van der Waals surface area contributed by atoms with E-state index in [0.29, 0.717) is 18.1 Å². The molecule has 0 aliphatic carbocycles. The Kier molecular flexibility index (Phi) is 4.90. The van der Waals surface area contributed by atoms with Crippen molar-refractivity contribution in [2.24, 2.45) is 5.73 Å². The zero-order valence-corrected chi connectivity index (χ0v) is 8.67. The molecule has 0 saturated carbocycles. The number of hydrogen-bond donors (Lipinski definition) is 3. The van der Waals surface area contributed by atoms with Crippen LogP contribution in [0.25, 0.3) is 0 Å². The second kappa shape index (κ2) is 5.98. The molecule has 3 nitrogen and oxygen atoms in total. The predicted molar refractivity (Wildman–Crippen MR) is 58.3 cm³/mol. The van der Waals surface area contributed by atoms with Crippen molar-refractivity contribution in [2.75, 3.05) is 19.7 Å². The Morgan fingerprint density at radius 1 is 1.43 bits per heavy atom. The molecule has 14 heavy (non-hydrogen) atoms. The molecule has 1 aromatic carbocycles. The maximum Gasteiger partial charge on any atom is 0.0556 e. The van der Waals surface area contributed by atoms with Gasteiger partial charge in [-0.25, -0.2) is 0 Å². The van der Waals surface area contributed by atoms with E-state index in [0.717, 1.165) is 5.56 Å². The standard InChI is InChI=1S/C10H15ClN2O/c11-9-4-2-1-3-8(9)10(7-12)13-5-6-14/h1-4,10,13-14H,5-7,12H2. The molecule has 0 amide bonds. The first-order chi connectivity index (χ1) is 6.79. The number of halogens is 1. The van der Waals surface area contributed by atoms with Crippen LogP contribution >= 0.6 is 11.6 Å². The molecule has 4 heteroatoms. The SMILES string of the molecule is NCC(NCCO)c1ccccc1Cl. The molecule has 1 atom stereocenters. The fraction of sp³-hybridized carbons (Fsp3) is 0.400. The topological polar surface area (TPSA) is 58.3 Å². The number of rotatable bonds is 5. The lowest BCUT2D eigenvalue weighted by Crippen LogP contribution is -2.30. The van der Waals surface area contributed by atoms with Gasteiger partial charge in [-0.3, -0.25) is 0 Å². The highest BCUT2D eigenvalue weighted by Gasteiger charge is 2.10. The summed E-state index contributed by atoms with van der Waals surface area (Å²) in [6.45, 7) is 1.08. The van der Waals surface area contributed by atoms with Crippen molar-refractivity contribution in [3.05, 3.63) is 34.9 Å². The Morgan fingerprint density at radius 3 is 2.71 bits per heavy atom. The molecule has 0 aromatic heterocycles. The van der Waals surface area contributed by atoms with Crippen molar-refractivity contribution < 1.29 is 5.11 Å². The van der Waals surface area contributed by atoms with Gasteiger partial charge in [0, 0.05) is 24.2 Å². The third-order valence-electron chi connectivity index (χ3n) is 2.02. The van der Waals surface area contributed by atoms with Crippen molar-refractivity contribution in [3.63, 3.8) is 0 Å². The molecule has 78 valence electrons. The molecular weight excluding hydrogens is 200 g/mol. The molecule has 0 bridgehead atoms. The molecule has 1 unspecified atom stereocenters. The molecule has 4 N–H and O–H groups in total. The summed E-state index contributed by atoms with van der Waals surface area (Å²) in [5, 5.41) is 12.5. The Morgan fingerprint density at radius 2 is 2.14 bits per heavy atom. The van der Waals surface area contributed by atoms with E-state index in [1.54, 1.807) is 0 Å². The summed E-state index contributed by atoms with van der Waals surface area (Å²) in [4.78, 5) is 0. The fourth-order valence-electron chi connectivity index (χ4n) is 1.32. The number of aliphatic hydroxyl groups is 1. The van der Waals surface area contributed by atoms with E-state index in [9.17, 15) is 0 Å². The van der Waals surface area contributed by atoms with Gasteiger partial charge in [0.15, 0.2) is 0 Å². The maximum atomic E-state index is 8.69. The summed E-state index contributed by atoms with van der Waals surface area (Å²) in [6.07, 6.45) is 0. The van der Waals surface area contributed by atoms with Gasteiger partial charge in [-0.05, 0) is 11.6 Å². The van der Waals surface area contributed by atoms with Crippen molar-refractivity contribution in [1.82, 2.24) is 5.32 Å². The van der Waals surface area contributed by atoms with Crippen molar-refractivity contribution in [3.8, 4) is 0 Å². The van der Waals surface area contributed by atoms with Gasteiger partial charge in [0.2, 0.25) is 0 Å². The number of benzene rings is 1. The van der Waals surface area contributed by atoms with Crippen LogP contribution in [0.4, 0.5) is 0 Å². The van der Waals surface area contributed by atoms with Crippen LogP contribution in [0.1, 0.15) is 11.6 Å². The molecule has 0 spiro atoms. The molecular formula is C10H15ClN2O. The Balaban J connectivity index is 2.73. The molecule has 0 heterocycles. The minimum absolute atomic E-state index is 0.0100. The second-order valence-electron chi connectivity index (χ2n) is 2.99. The summed E-state index contributed by atoms with van der Waals surface area (Å²) in [6, 6.07) is 7.58. The van der Waals surface area contributed by atoms with E-state index in [2.05, 4.69) is 5.32 Å². The monoisotopic (exact) mass is 214 g/mol. The average molecular weight is 215 g/mol. The molecule has 1 aromatic rings. The highest BCUT2D eigenvalue weighted by Crippen LogP contribution is 2.21. The van der Waals surface area contributed by atoms with Gasteiger partial charge in [-0.1, -0.05) is 29.8 Å². The smallest absolute Gasteiger partial charge is 0.0556 e. The second-order valence-corrected chi connectivity index (χ2v) is 3.39. The highest BCUT2D eigenvalue weighted by molar-refractivity contribution is 6.31. The summed E-state index contributed by atoms with van der Waals surface area (Å²) < 4.78 is 0. The number of hydrogen-bond acceptors (Lipinski definition) is 3. The van der Waals surface area contributed by atoms with Crippen LogP contribution in [0.3, 0.4) is 0 Å². The number of nitrogens with one attached hydrogen (secondary N) is 1. The highest BCUT2D eigenvalue weighted by atomic mass is 35.5. The lowest BCUT2D eigenvalue weighted by atomic mass is 10.1. The van der Waals surface area contributed by atoms with Gasteiger partial charge in [0.25, 0.3) is 0 Å². The van der Waals surface area contributed by atoms with Gasteiger partial charge in [-0.15, -0.1) is 0 Å². The van der Waals surface area contributed by atoms with Crippen molar-refractivity contribution in [1.29, 1.82) is 0 Å². The third kappa shape index (κ3) is 2.96. The van der Waals surface area contributed by atoms with E-state index in [4.69, 9.17) is 22.4 Å². The quantitative estimate of drug-likeness (QED) is 0.683. The molecule has 1 rings (SSSR count). The fourth-order valence-corrected chi connectivity index (χ4v) is 1.58. The van der Waals surface area contributed by atoms with E-state index < -0.39 is 0 Å². The van der Waals surface area contributed by atoms with Crippen molar-refractivity contribution in [2.45, 2.75) is 6.04 Å². The van der Waals surface area contributed by atoms with Gasteiger partial charge in [0.05, 0.1) is 6.61 Å². The van der Waals surface area contributed by atoms with Crippen LogP contribution in [0.15, 0.2) is 24.3 Å². The Labute approximate surface area is 88.9 Å². The number of nitrogens with two attached hydrogens (primary N) is 1. The summed E-state index contributed by atoms with van der Waals surface area (Å²) in [7, 11) is 0. The van der Waals surface area contributed by atoms with E-state index in [1.165, 1.54) is 0 Å². The molecule has 0 fully saturated rings. The zero-order valence-electron chi connectivity index (χ0n) is 7.91. The van der Waals surface area contributed by atoms with Crippen LogP contribution < -0.4 is 11.1 Å². The molecule has 0 saturated heterocycles. The summed E-state index contributed by atoms with van der Waals surface area (Å²) >= 11 is 6.02. The van der Waals surface area contributed by atoms with E-state index in [-0.39, 0.29) is 12.6 Å². The zero-order chi connectivity index (χ0) is 10.4. The lowest BCUT2D eigenvalue weighted by molar-refractivity contribution is 0.285. The largest absolute Gasteiger partial charge is 0.395 e. The van der Waals surface area contributed by atoms with E-state index in [1.807, 2.05) is 24.3 Å². The maximum absolute atomic E-state index is 8.69. The Bertz CT molecular complexity index is 281. The minimum Gasteiger partial charge on any atom is -0.395 e. The van der Waals surface area contributed by atoms with Crippen LogP contribution in [0.5, 0.6) is 0 Å². The van der Waals surface area contributed by atoms with Crippen LogP contribution in [0.2, 0.25) is 5.02 Å². The van der Waals surface area contributed by atoms with Crippen molar-refractivity contribution >= 4 is 11.6 Å². The summed E-state index contributed by atoms with van der Waals surface area (Å²) in [5.41, 5.74) is 6.59. The molecule has 0 radical (unpaired) electrons. The summed E-state index contributed by atoms with van der Waals surface area (Å²) in [5.74, 6) is 0. The van der Waals surface area contributed by atoms with Crippen LogP contribution in [-0.2, 0) is 0 Å². The van der Waals surface area contributed by atoms with Crippen LogP contribution in [0, 0.1) is 0 Å². The van der Waals surface area contributed by atoms with Gasteiger partial charge >= 0.3 is 0 Å². The normalized spacial score (nSPS) is 12.8. The average Bonchev–Trinajstić information content (AvgIpc) is 2.21. The first-order valence-electron chi connectivity index (χ1n) is 4.58. The predicted octanol–water partition coefficient (Wildman–Crippen LogP) is 0.922. The van der Waals surface area contributed by atoms with Crippen LogP contribution in [-0.4, -0.2) is 24.8 Å². The van der Waals surface area contributed by atoms with Gasteiger partial charge < -0.3 is 16.2 Å². The minimum atomic E-state index is 0.0100.